The first-order valence-corrected chi connectivity index (χ1v) is 7.46. The molecule has 1 aromatic rings. The van der Waals surface area contributed by atoms with Crippen LogP contribution in [0.25, 0.3) is 0 Å². The molecule has 0 aromatic carbocycles. The van der Waals surface area contributed by atoms with E-state index in [4.69, 9.17) is 0 Å². The molecule has 1 saturated carbocycles. The fourth-order valence-electron chi connectivity index (χ4n) is 2.75. The van der Waals surface area contributed by atoms with E-state index in [-0.39, 0.29) is 0 Å². The van der Waals surface area contributed by atoms with Crippen molar-refractivity contribution in [1.29, 1.82) is 0 Å². The van der Waals surface area contributed by atoms with E-state index in [2.05, 4.69) is 36.7 Å². The van der Waals surface area contributed by atoms with Crippen LogP contribution < -0.4 is 5.32 Å². The highest BCUT2D eigenvalue weighted by molar-refractivity contribution is 7.10. The normalized spacial score (nSPS) is 27.1. The highest BCUT2D eigenvalue weighted by Crippen LogP contribution is 2.31. The Bertz CT molecular complexity index is 294. The highest BCUT2D eigenvalue weighted by atomic mass is 32.1. The second-order valence-electron chi connectivity index (χ2n) is 5.05. The van der Waals surface area contributed by atoms with E-state index in [9.17, 15) is 0 Å². The van der Waals surface area contributed by atoms with Crippen LogP contribution in [0.3, 0.4) is 0 Å². The van der Waals surface area contributed by atoms with Gasteiger partial charge in [-0.25, -0.2) is 0 Å². The van der Waals surface area contributed by atoms with Crippen LogP contribution in [0.5, 0.6) is 0 Å². The van der Waals surface area contributed by atoms with E-state index >= 15 is 0 Å². The van der Waals surface area contributed by atoms with Gasteiger partial charge in [0.15, 0.2) is 0 Å². The third-order valence-electron chi connectivity index (χ3n) is 3.96. The Morgan fingerprint density at radius 3 is 2.94 bits per heavy atom. The average molecular weight is 237 g/mol. The summed E-state index contributed by atoms with van der Waals surface area (Å²) in [7, 11) is 0. The van der Waals surface area contributed by atoms with Gasteiger partial charge in [0.25, 0.3) is 0 Å². The third-order valence-corrected chi connectivity index (χ3v) is 4.95. The number of rotatable bonds is 5. The van der Waals surface area contributed by atoms with Crippen LogP contribution in [0.4, 0.5) is 0 Å². The van der Waals surface area contributed by atoms with Crippen molar-refractivity contribution in [3.8, 4) is 0 Å². The fraction of sp³-hybridized carbons (Fsp3) is 0.714. The van der Waals surface area contributed by atoms with Crippen LogP contribution in [0.2, 0.25) is 0 Å². The molecule has 0 spiro atoms. The van der Waals surface area contributed by atoms with Crippen molar-refractivity contribution < 1.29 is 0 Å². The van der Waals surface area contributed by atoms with E-state index in [1.165, 1.54) is 37.1 Å². The second kappa shape index (κ2) is 5.83. The van der Waals surface area contributed by atoms with Crippen molar-refractivity contribution in [2.24, 2.45) is 11.8 Å². The van der Waals surface area contributed by atoms with Crippen molar-refractivity contribution in [1.82, 2.24) is 5.32 Å². The summed E-state index contributed by atoms with van der Waals surface area (Å²) in [6.45, 7) is 5.89. The van der Waals surface area contributed by atoms with Crippen molar-refractivity contribution in [3.05, 3.63) is 22.4 Å². The molecule has 0 bridgehead atoms. The standard InChI is InChI=1S/C14H23NS/c1-3-13(14-8-5-9-16-14)15-10-12-7-4-6-11(12)2/h5,8-9,11-13,15H,3-4,6-7,10H2,1-2H3. The molecule has 2 rings (SSSR count). The first-order valence-electron chi connectivity index (χ1n) is 6.58. The zero-order chi connectivity index (χ0) is 11.4. The van der Waals surface area contributed by atoms with Gasteiger partial charge in [0.1, 0.15) is 0 Å². The van der Waals surface area contributed by atoms with Crippen molar-refractivity contribution in [2.45, 2.75) is 45.6 Å². The Hall–Kier alpha value is -0.340. The lowest BCUT2D eigenvalue weighted by atomic mass is 9.97. The number of thiophene rings is 1. The van der Waals surface area contributed by atoms with Crippen LogP contribution in [0.15, 0.2) is 17.5 Å². The van der Waals surface area contributed by atoms with E-state index < -0.39 is 0 Å². The molecule has 0 radical (unpaired) electrons. The molecular formula is C14H23NS. The predicted molar refractivity (Wildman–Crippen MR) is 71.9 cm³/mol. The maximum absolute atomic E-state index is 3.75. The molecule has 16 heavy (non-hydrogen) atoms. The van der Waals surface area contributed by atoms with E-state index in [1.54, 1.807) is 0 Å². The van der Waals surface area contributed by atoms with Gasteiger partial charge in [0, 0.05) is 10.9 Å². The van der Waals surface area contributed by atoms with Gasteiger partial charge in [0.05, 0.1) is 0 Å². The first kappa shape index (κ1) is 12.1. The minimum atomic E-state index is 0.577. The summed E-state index contributed by atoms with van der Waals surface area (Å²) < 4.78 is 0. The quantitative estimate of drug-likeness (QED) is 0.808. The Morgan fingerprint density at radius 2 is 2.38 bits per heavy atom. The lowest BCUT2D eigenvalue weighted by Gasteiger charge is -2.21. The molecule has 90 valence electrons. The molecular weight excluding hydrogens is 214 g/mol. The highest BCUT2D eigenvalue weighted by Gasteiger charge is 2.23. The molecule has 2 heteroatoms. The van der Waals surface area contributed by atoms with Crippen LogP contribution >= 0.6 is 11.3 Å². The van der Waals surface area contributed by atoms with E-state index in [0.717, 1.165) is 11.8 Å². The Kier molecular flexibility index (Phi) is 4.42. The summed E-state index contributed by atoms with van der Waals surface area (Å²) in [5.74, 6) is 1.84. The van der Waals surface area contributed by atoms with Gasteiger partial charge in [0.2, 0.25) is 0 Å². The molecule has 0 aliphatic heterocycles. The molecule has 0 amide bonds. The van der Waals surface area contributed by atoms with Crippen LogP contribution in [-0.4, -0.2) is 6.54 Å². The minimum Gasteiger partial charge on any atom is -0.309 e. The predicted octanol–water partition coefficient (Wildman–Crippen LogP) is 4.23. The van der Waals surface area contributed by atoms with Crippen LogP contribution in [0.1, 0.15) is 50.4 Å². The van der Waals surface area contributed by atoms with Crippen LogP contribution in [-0.2, 0) is 0 Å². The molecule has 3 unspecified atom stereocenters. The van der Waals surface area contributed by atoms with Crippen molar-refractivity contribution in [3.63, 3.8) is 0 Å². The number of hydrogen-bond donors (Lipinski definition) is 1. The van der Waals surface area contributed by atoms with E-state index in [0.29, 0.717) is 6.04 Å². The summed E-state index contributed by atoms with van der Waals surface area (Å²) in [4.78, 5) is 1.49. The fourth-order valence-corrected chi connectivity index (χ4v) is 3.64. The summed E-state index contributed by atoms with van der Waals surface area (Å²) >= 11 is 1.88. The molecule has 1 heterocycles. The van der Waals surface area contributed by atoms with Gasteiger partial charge in [-0.2, -0.15) is 0 Å². The van der Waals surface area contributed by atoms with Gasteiger partial charge in [-0.05, 0) is 42.7 Å². The number of hydrogen-bond acceptors (Lipinski definition) is 2. The number of nitrogens with one attached hydrogen (secondary N) is 1. The molecule has 1 aliphatic carbocycles. The van der Waals surface area contributed by atoms with Gasteiger partial charge in [-0.1, -0.05) is 32.8 Å². The average Bonchev–Trinajstić information content (AvgIpc) is 2.92. The lowest BCUT2D eigenvalue weighted by Crippen LogP contribution is -2.27. The molecule has 1 fully saturated rings. The first-order chi connectivity index (χ1) is 7.81. The molecule has 1 aliphatic rings. The van der Waals surface area contributed by atoms with Crippen molar-refractivity contribution in [2.75, 3.05) is 6.54 Å². The Balaban J connectivity index is 1.83. The summed E-state index contributed by atoms with van der Waals surface area (Å²) in [5.41, 5.74) is 0. The molecule has 1 N–H and O–H groups in total. The monoisotopic (exact) mass is 237 g/mol. The largest absolute Gasteiger partial charge is 0.309 e. The third kappa shape index (κ3) is 2.86. The topological polar surface area (TPSA) is 12.0 Å². The molecule has 3 atom stereocenters. The van der Waals surface area contributed by atoms with Gasteiger partial charge < -0.3 is 5.32 Å². The summed E-state index contributed by atoms with van der Waals surface area (Å²) in [5, 5.41) is 5.93. The second-order valence-corrected chi connectivity index (χ2v) is 6.03. The summed E-state index contributed by atoms with van der Waals surface area (Å²) in [6, 6.07) is 4.99. The van der Waals surface area contributed by atoms with Gasteiger partial charge in [-0.3, -0.25) is 0 Å². The maximum atomic E-state index is 3.75. The smallest absolute Gasteiger partial charge is 0.0412 e. The Morgan fingerprint density at radius 1 is 1.50 bits per heavy atom. The van der Waals surface area contributed by atoms with E-state index in [1.807, 2.05) is 11.3 Å². The summed E-state index contributed by atoms with van der Waals surface area (Å²) in [6.07, 6.45) is 5.49. The van der Waals surface area contributed by atoms with Crippen molar-refractivity contribution >= 4 is 11.3 Å². The van der Waals surface area contributed by atoms with Crippen LogP contribution in [0, 0.1) is 11.8 Å². The Labute approximate surface area is 103 Å². The zero-order valence-corrected chi connectivity index (χ0v) is 11.2. The maximum Gasteiger partial charge on any atom is 0.0412 e. The van der Waals surface area contributed by atoms with Gasteiger partial charge >= 0.3 is 0 Å². The lowest BCUT2D eigenvalue weighted by molar-refractivity contribution is 0.366. The minimum absolute atomic E-state index is 0.577. The SMILES string of the molecule is CCC(NCC1CCCC1C)c1cccs1. The van der Waals surface area contributed by atoms with Gasteiger partial charge in [-0.15, -0.1) is 11.3 Å². The zero-order valence-electron chi connectivity index (χ0n) is 10.4. The molecule has 0 saturated heterocycles. The molecule has 1 nitrogen and oxygen atoms in total. The molecule has 1 aromatic heterocycles.